The average Bonchev–Trinajstić information content (AvgIpc) is 2.84. The van der Waals surface area contributed by atoms with Crippen LogP contribution in [0.15, 0.2) is 79.0 Å². The summed E-state index contributed by atoms with van der Waals surface area (Å²) in [5.41, 5.74) is 5.07. The molecule has 5 nitrogen and oxygen atoms in total. The SMILES string of the molecule is CCN(CC)c1ccc(CNC(=O)c2cc(-c3ccccn3)nc3ccccc23)cc1. The summed E-state index contributed by atoms with van der Waals surface area (Å²) in [6.07, 6.45) is 1.73. The Kier molecular flexibility index (Phi) is 6.22. The van der Waals surface area contributed by atoms with Crippen molar-refractivity contribution < 1.29 is 4.79 Å². The van der Waals surface area contributed by atoms with E-state index in [1.807, 2.05) is 48.5 Å². The molecule has 156 valence electrons. The lowest BCUT2D eigenvalue weighted by molar-refractivity contribution is 0.0952. The van der Waals surface area contributed by atoms with Crippen LogP contribution in [0.2, 0.25) is 0 Å². The van der Waals surface area contributed by atoms with E-state index >= 15 is 0 Å². The van der Waals surface area contributed by atoms with Crippen LogP contribution in [0.25, 0.3) is 22.3 Å². The number of hydrogen-bond donors (Lipinski definition) is 1. The van der Waals surface area contributed by atoms with Crippen molar-refractivity contribution >= 4 is 22.5 Å². The molecule has 1 amide bonds. The van der Waals surface area contributed by atoms with E-state index in [-0.39, 0.29) is 5.91 Å². The molecular weight excluding hydrogens is 384 g/mol. The Bertz CT molecular complexity index is 1170. The van der Waals surface area contributed by atoms with Crippen LogP contribution in [0.5, 0.6) is 0 Å². The van der Waals surface area contributed by atoms with Gasteiger partial charge in [0.05, 0.1) is 22.5 Å². The van der Waals surface area contributed by atoms with Gasteiger partial charge in [-0.2, -0.15) is 0 Å². The van der Waals surface area contributed by atoms with Crippen molar-refractivity contribution in [1.82, 2.24) is 15.3 Å². The minimum Gasteiger partial charge on any atom is -0.372 e. The number of carbonyl (C=O) groups is 1. The number of amides is 1. The van der Waals surface area contributed by atoms with Crippen LogP contribution in [0, 0.1) is 0 Å². The van der Waals surface area contributed by atoms with Crippen LogP contribution < -0.4 is 10.2 Å². The first kappa shape index (κ1) is 20.5. The number of nitrogens with zero attached hydrogens (tertiary/aromatic N) is 3. The molecule has 0 aliphatic heterocycles. The van der Waals surface area contributed by atoms with Gasteiger partial charge in [-0.3, -0.25) is 9.78 Å². The largest absolute Gasteiger partial charge is 0.372 e. The third-order valence-corrected chi connectivity index (χ3v) is 5.41. The Morgan fingerprint density at radius 1 is 0.903 bits per heavy atom. The first-order valence-electron chi connectivity index (χ1n) is 10.6. The second kappa shape index (κ2) is 9.39. The number of aromatic nitrogens is 2. The van der Waals surface area contributed by atoms with E-state index in [0.29, 0.717) is 17.8 Å². The quantitative estimate of drug-likeness (QED) is 0.462. The molecule has 0 saturated carbocycles. The molecule has 0 aliphatic carbocycles. The Morgan fingerprint density at radius 2 is 1.65 bits per heavy atom. The molecular formula is C26H26N4O. The topological polar surface area (TPSA) is 58.1 Å². The lowest BCUT2D eigenvalue weighted by Crippen LogP contribution is -2.24. The first-order chi connectivity index (χ1) is 15.2. The summed E-state index contributed by atoms with van der Waals surface area (Å²) >= 11 is 0. The van der Waals surface area contributed by atoms with E-state index in [0.717, 1.165) is 35.2 Å². The summed E-state index contributed by atoms with van der Waals surface area (Å²) in [7, 11) is 0. The number of carbonyl (C=O) groups excluding carboxylic acids is 1. The van der Waals surface area contributed by atoms with Gasteiger partial charge in [0, 0.05) is 36.9 Å². The summed E-state index contributed by atoms with van der Waals surface area (Å²) in [5, 5.41) is 3.89. The summed E-state index contributed by atoms with van der Waals surface area (Å²) in [6.45, 7) is 6.71. The number of pyridine rings is 2. The second-order valence-electron chi connectivity index (χ2n) is 7.31. The zero-order valence-electron chi connectivity index (χ0n) is 17.9. The maximum absolute atomic E-state index is 13.1. The van der Waals surface area contributed by atoms with Gasteiger partial charge in [0.15, 0.2) is 0 Å². The molecule has 0 unspecified atom stereocenters. The van der Waals surface area contributed by atoms with Crippen LogP contribution in [0.4, 0.5) is 5.69 Å². The van der Waals surface area contributed by atoms with Crippen LogP contribution in [0.3, 0.4) is 0 Å². The molecule has 0 atom stereocenters. The number of fused-ring (bicyclic) bond motifs is 1. The van der Waals surface area contributed by atoms with E-state index in [2.05, 4.69) is 53.3 Å². The molecule has 0 saturated heterocycles. The summed E-state index contributed by atoms with van der Waals surface area (Å²) in [6, 6.07) is 23.6. The molecule has 2 aromatic carbocycles. The summed E-state index contributed by atoms with van der Waals surface area (Å²) < 4.78 is 0. The molecule has 5 heteroatoms. The predicted molar refractivity (Wildman–Crippen MR) is 126 cm³/mol. The van der Waals surface area contributed by atoms with E-state index in [9.17, 15) is 4.79 Å². The summed E-state index contributed by atoms with van der Waals surface area (Å²) in [4.78, 5) is 24.5. The van der Waals surface area contributed by atoms with Crippen molar-refractivity contribution in [3.8, 4) is 11.4 Å². The van der Waals surface area contributed by atoms with Crippen molar-refractivity contribution in [2.75, 3.05) is 18.0 Å². The van der Waals surface area contributed by atoms with Gasteiger partial charge in [0.2, 0.25) is 0 Å². The van der Waals surface area contributed by atoms with Gasteiger partial charge in [-0.05, 0) is 55.8 Å². The third-order valence-electron chi connectivity index (χ3n) is 5.41. The maximum Gasteiger partial charge on any atom is 0.252 e. The maximum atomic E-state index is 13.1. The normalized spacial score (nSPS) is 10.8. The van der Waals surface area contributed by atoms with Gasteiger partial charge in [0.25, 0.3) is 5.91 Å². The number of rotatable bonds is 7. The van der Waals surface area contributed by atoms with Crippen molar-refractivity contribution in [3.63, 3.8) is 0 Å². The molecule has 0 aliphatic rings. The van der Waals surface area contributed by atoms with E-state index < -0.39 is 0 Å². The van der Waals surface area contributed by atoms with Crippen molar-refractivity contribution in [2.24, 2.45) is 0 Å². The number of nitrogens with one attached hydrogen (secondary N) is 1. The average molecular weight is 411 g/mol. The highest BCUT2D eigenvalue weighted by atomic mass is 16.1. The zero-order chi connectivity index (χ0) is 21.6. The minimum absolute atomic E-state index is 0.122. The van der Waals surface area contributed by atoms with E-state index in [1.165, 1.54) is 5.69 Å². The number of hydrogen-bond acceptors (Lipinski definition) is 4. The second-order valence-corrected chi connectivity index (χ2v) is 7.31. The fourth-order valence-electron chi connectivity index (χ4n) is 3.70. The molecule has 31 heavy (non-hydrogen) atoms. The van der Waals surface area contributed by atoms with Crippen molar-refractivity contribution in [3.05, 3.63) is 90.1 Å². The van der Waals surface area contributed by atoms with Gasteiger partial charge < -0.3 is 10.2 Å². The first-order valence-corrected chi connectivity index (χ1v) is 10.6. The lowest BCUT2D eigenvalue weighted by atomic mass is 10.1. The lowest BCUT2D eigenvalue weighted by Gasteiger charge is -2.21. The fourth-order valence-corrected chi connectivity index (χ4v) is 3.70. The van der Waals surface area contributed by atoms with E-state index in [4.69, 9.17) is 4.98 Å². The van der Waals surface area contributed by atoms with Crippen molar-refractivity contribution in [1.29, 1.82) is 0 Å². The van der Waals surface area contributed by atoms with E-state index in [1.54, 1.807) is 6.20 Å². The molecule has 0 fully saturated rings. The highest BCUT2D eigenvalue weighted by Crippen LogP contribution is 2.24. The molecule has 4 rings (SSSR count). The standard InChI is InChI=1S/C26H26N4O/c1-3-30(4-2)20-14-12-19(13-15-20)18-28-26(31)22-17-25(24-11-7-8-16-27-24)29-23-10-6-5-9-21(22)23/h5-17H,3-4,18H2,1-2H3,(H,28,31). The van der Waals surface area contributed by atoms with Crippen LogP contribution >= 0.6 is 0 Å². The van der Waals surface area contributed by atoms with Gasteiger partial charge in [0.1, 0.15) is 0 Å². The summed E-state index contributed by atoms with van der Waals surface area (Å²) in [5.74, 6) is -0.122. The van der Waals surface area contributed by atoms with Gasteiger partial charge in [-0.25, -0.2) is 4.98 Å². The fraction of sp³-hybridized carbons (Fsp3) is 0.192. The molecule has 4 aromatic rings. The van der Waals surface area contributed by atoms with Crippen LogP contribution in [0.1, 0.15) is 29.8 Å². The minimum atomic E-state index is -0.122. The van der Waals surface area contributed by atoms with Crippen LogP contribution in [-0.2, 0) is 6.54 Å². The number of anilines is 1. The highest BCUT2D eigenvalue weighted by Gasteiger charge is 2.14. The molecule has 0 bridgehead atoms. The number of para-hydroxylation sites is 1. The van der Waals surface area contributed by atoms with Gasteiger partial charge in [-0.15, -0.1) is 0 Å². The number of benzene rings is 2. The Balaban J connectivity index is 1.57. The Labute approximate surface area is 182 Å². The predicted octanol–water partition coefficient (Wildman–Crippen LogP) is 5.07. The highest BCUT2D eigenvalue weighted by molar-refractivity contribution is 6.07. The molecule has 2 aromatic heterocycles. The molecule has 0 spiro atoms. The van der Waals surface area contributed by atoms with Crippen LogP contribution in [-0.4, -0.2) is 29.0 Å². The van der Waals surface area contributed by atoms with Gasteiger partial charge >= 0.3 is 0 Å². The molecule has 1 N–H and O–H groups in total. The van der Waals surface area contributed by atoms with Gasteiger partial charge in [-0.1, -0.05) is 36.4 Å². The Hall–Kier alpha value is -3.73. The molecule has 0 radical (unpaired) electrons. The zero-order valence-corrected chi connectivity index (χ0v) is 17.9. The molecule has 2 heterocycles. The third kappa shape index (κ3) is 4.56. The van der Waals surface area contributed by atoms with Crippen molar-refractivity contribution in [2.45, 2.75) is 20.4 Å². The smallest absolute Gasteiger partial charge is 0.252 e. The Morgan fingerprint density at radius 3 is 2.35 bits per heavy atom. The monoisotopic (exact) mass is 410 g/mol.